The van der Waals surface area contributed by atoms with Crippen LogP contribution in [0.2, 0.25) is 0 Å². The lowest BCUT2D eigenvalue weighted by atomic mass is 9.83. The Morgan fingerprint density at radius 2 is 2.03 bits per heavy atom. The molecule has 0 aromatic carbocycles. The van der Waals surface area contributed by atoms with Gasteiger partial charge < -0.3 is 10.2 Å². The molecule has 0 aliphatic carbocycles. The van der Waals surface area contributed by atoms with Crippen LogP contribution in [0.5, 0.6) is 0 Å². The molecule has 2 aromatic heterocycles. The Morgan fingerprint density at radius 3 is 2.79 bits per heavy atom. The van der Waals surface area contributed by atoms with Crippen molar-refractivity contribution in [3.05, 3.63) is 23.1 Å². The van der Waals surface area contributed by atoms with Crippen molar-refractivity contribution >= 4 is 5.91 Å². The minimum absolute atomic E-state index is 0.0664. The fourth-order valence-electron chi connectivity index (χ4n) is 5.24. The maximum Gasteiger partial charge on any atom is 0.269 e. The maximum atomic E-state index is 12.8. The van der Waals surface area contributed by atoms with Gasteiger partial charge in [0.25, 0.3) is 5.91 Å². The van der Waals surface area contributed by atoms with Crippen LogP contribution in [0.1, 0.15) is 73.9 Å². The molecule has 2 fully saturated rings. The molecule has 29 heavy (non-hydrogen) atoms. The third kappa shape index (κ3) is 3.97. The molecule has 4 rings (SSSR count). The normalized spacial score (nSPS) is 22.7. The Morgan fingerprint density at radius 1 is 1.24 bits per heavy atom. The number of hydrogen-bond acceptors (Lipinski definition) is 4. The summed E-state index contributed by atoms with van der Waals surface area (Å²) in [6.07, 6.45) is 6.36. The van der Waals surface area contributed by atoms with Gasteiger partial charge in [-0.3, -0.25) is 14.6 Å². The van der Waals surface area contributed by atoms with Gasteiger partial charge >= 0.3 is 0 Å². The number of H-pyrrole nitrogens is 1. The zero-order valence-electron chi connectivity index (χ0n) is 18.2. The molecule has 0 radical (unpaired) electrons. The Bertz CT molecular complexity index is 865. The van der Waals surface area contributed by atoms with Crippen LogP contribution in [0.4, 0.5) is 0 Å². The third-order valence-corrected chi connectivity index (χ3v) is 6.65. The lowest BCUT2D eigenvalue weighted by Gasteiger charge is -2.44. The second-order valence-corrected chi connectivity index (χ2v) is 8.96. The predicted molar refractivity (Wildman–Crippen MR) is 114 cm³/mol. The van der Waals surface area contributed by atoms with E-state index in [1.807, 2.05) is 17.7 Å². The number of aromatic amines is 1. The average Bonchev–Trinajstić information content (AvgIpc) is 3.30. The summed E-state index contributed by atoms with van der Waals surface area (Å²) in [5, 5.41) is 15.1. The first kappa shape index (κ1) is 20.1. The Labute approximate surface area is 173 Å². The van der Waals surface area contributed by atoms with E-state index < -0.39 is 0 Å². The number of fused-ring (bicyclic) bond motifs is 1. The van der Waals surface area contributed by atoms with Crippen LogP contribution in [-0.4, -0.2) is 56.5 Å². The highest BCUT2D eigenvalue weighted by Gasteiger charge is 2.33. The van der Waals surface area contributed by atoms with Crippen molar-refractivity contribution in [3.8, 4) is 11.3 Å². The van der Waals surface area contributed by atoms with E-state index in [-0.39, 0.29) is 5.91 Å². The number of amides is 1. The van der Waals surface area contributed by atoms with E-state index >= 15 is 0 Å². The summed E-state index contributed by atoms with van der Waals surface area (Å²) in [5.74, 6) is 0.493. The molecule has 2 N–H and O–H groups in total. The third-order valence-electron chi connectivity index (χ3n) is 6.65. The molecule has 0 spiro atoms. The highest BCUT2D eigenvalue weighted by molar-refractivity contribution is 5.93. The van der Waals surface area contributed by atoms with Crippen molar-refractivity contribution in [2.45, 2.75) is 71.9 Å². The van der Waals surface area contributed by atoms with Crippen LogP contribution in [0.25, 0.3) is 11.3 Å². The molecule has 4 heterocycles. The molecule has 2 aromatic rings. The monoisotopic (exact) mass is 398 g/mol. The van der Waals surface area contributed by atoms with E-state index in [1.165, 1.54) is 45.2 Å². The van der Waals surface area contributed by atoms with Gasteiger partial charge in [0.2, 0.25) is 0 Å². The molecular weight excluding hydrogens is 364 g/mol. The molecule has 7 nitrogen and oxygen atoms in total. The number of aryl methyl sites for hydroxylation is 1. The van der Waals surface area contributed by atoms with Crippen LogP contribution < -0.4 is 5.32 Å². The summed E-state index contributed by atoms with van der Waals surface area (Å²) < 4.78 is 2.01. The zero-order chi connectivity index (χ0) is 20.5. The lowest BCUT2D eigenvalue weighted by Crippen LogP contribution is -2.51. The maximum absolute atomic E-state index is 12.8. The molecule has 0 unspecified atom stereocenters. The molecule has 2 saturated heterocycles. The number of carbonyl (C=O) groups excluding carboxylic acids is 1. The highest BCUT2D eigenvalue weighted by Crippen LogP contribution is 2.31. The van der Waals surface area contributed by atoms with Gasteiger partial charge in [-0.05, 0) is 78.5 Å². The van der Waals surface area contributed by atoms with Gasteiger partial charge in [-0.15, -0.1) is 0 Å². The summed E-state index contributed by atoms with van der Waals surface area (Å²) in [5.41, 5.74) is 4.34. The number of hydrogen-bond donors (Lipinski definition) is 2. The fraction of sp³-hybridized carbons (Fsp3) is 0.682. The van der Waals surface area contributed by atoms with Crippen molar-refractivity contribution in [3.63, 3.8) is 0 Å². The molecule has 7 heteroatoms. The van der Waals surface area contributed by atoms with E-state index in [4.69, 9.17) is 0 Å². The van der Waals surface area contributed by atoms with Crippen molar-refractivity contribution in [2.24, 2.45) is 5.92 Å². The van der Waals surface area contributed by atoms with Crippen molar-refractivity contribution in [1.29, 1.82) is 0 Å². The Kier molecular flexibility index (Phi) is 5.76. The highest BCUT2D eigenvalue weighted by atomic mass is 16.1. The standard InChI is InChI=1S/C22H34N6O/c1-14(2)28-16(4)21(15(3)26-28)18-12-19(25-24-18)22(29)23-13-17-8-7-11-27-10-6-5-9-20(17)27/h12,14,17,20H,5-11,13H2,1-4H3,(H,23,29)(H,24,25)/t17-,20+/m1/s1. The van der Waals surface area contributed by atoms with Crippen molar-refractivity contribution in [1.82, 2.24) is 30.2 Å². The molecule has 0 saturated carbocycles. The van der Waals surface area contributed by atoms with Crippen LogP contribution in [0.3, 0.4) is 0 Å². The molecule has 2 aliphatic heterocycles. The molecule has 1 amide bonds. The van der Waals surface area contributed by atoms with Crippen LogP contribution in [0.15, 0.2) is 6.07 Å². The lowest BCUT2D eigenvalue weighted by molar-refractivity contribution is 0.0575. The molecular formula is C22H34N6O. The Balaban J connectivity index is 1.43. The van der Waals surface area contributed by atoms with Crippen LogP contribution in [-0.2, 0) is 0 Å². The SMILES string of the molecule is Cc1nn(C(C)C)c(C)c1-c1cc(C(=O)NC[C@H]2CCCN3CCCC[C@@H]23)[nH]n1. The Hall–Kier alpha value is -2.15. The average molecular weight is 399 g/mol. The van der Waals surface area contributed by atoms with Crippen molar-refractivity contribution < 1.29 is 4.79 Å². The van der Waals surface area contributed by atoms with Crippen LogP contribution >= 0.6 is 0 Å². The van der Waals surface area contributed by atoms with Gasteiger partial charge in [-0.1, -0.05) is 6.42 Å². The topological polar surface area (TPSA) is 78.8 Å². The van der Waals surface area contributed by atoms with Crippen LogP contribution in [0, 0.1) is 19.8 Å². The predicted octanol–water partition coefficient (Wildman–Crippen LogP) is 3.47. The summed E-state index contributed by atoms with van der Waals surface area (Å²) in [4.78, 5) is 15.4. The quantitative estimate of drug-likeness (QED) is 0.808. The first-order valence-electron chi connectivity index (χ1n) is 11.1. The minimum atomic E-state index is -0.0664. The van der Waals surface area contributed by atoms with E-state index in [1.54, 1.807) is 0 Å². The number of carbonyl (C=O) groups is 1. The van der Waals surface area contributed by atoms with Gasteiger partial charge in [0, 0.05) is 29.9 Å². The largest absolute Gasteiger partial charge is 0.350 e. The number of rotatable bonds is 5. The smallest absolute Gasteiger partial charge is 0.269 e. The van der Waals surface area contributed by atoms with E-state index in [0.29, 0.717) is 23.7 Å². The summed E-state index contributed by atoms with van der Waals surface area (Å²) in [6.45, 7) is 11.5. The number of nitrogens with zero attached hydrogens (tertiary/aromatic N) is 4. The van der Waals surface area contributed by atoms with Gasteiger partial charge in [-0.2, -0.15) is 10.2 Å². The van der Waals surface area contributed by atoms with E-state index in [0.717, 1.165) is 29.2 Å². The number of aromatic nitrogens is 4. The van der Waals surface area contributed by atoms with Gasteiger partial charge in [0.1, 0.15) is 5.69 Å². The van der Waals surface area contributed by atoms with Gasteiger partial charge in [0.15, 0.2) is 0 Å². The number of piperidine rings is 2. The zero-order valence-corrected chi connectivity index (χ0v) is 18.2. The van der Waals surface area contributed by atoms with Gasteiger partial charge in [0.05, 0.1) is 11.4 Å². The first-order chi connectivity index (χ1) is 14.0. The molecule has 2 aliphatic rings. The summed E-state index contributed by atoms with van der Waals surface area (Å²) in [6, 6.07) is 2.78. The fourth-order valence-corrected chi connectivity index (χ4v) is 5.24. The van der Waals surface area contributed by atoms with E-state index in [9.17, 15) is 4.79 Å². The number of nitrogens with one attached hydrogen (secondary N) is 2. The van der Waals surface area contributed by atoms with E-state index in [2.05, 4.69) is 46.3 Å². The minimum Gasteiger partial charge on any atom is -0.350 e. The van der Waals surface area contributed by atoms with Crippen molar-refractivity contribution in [2.75, 3.05) is 19.6 Å². The second kappa shape index (κ2) is 8.30. The first-order valence-corrected chi connectivity index (χ1v) is 11.1. The molecule has 158 valence electrons. The molecule has 0 bridgehead atoms. The second-order valence-electron chi connectivity index (χ2n) is 8.96. The summed E-state index contributed by atoms with van der Waals surface area (Å²) >= 11 is 0. The summed E-state index contributed by atoms with van der Waals surface area (Å²) in [7, 11) is 0. The van der Waals surface area contributed by atoms with Gasteiger partial charge in [-0.25, -0.2) is 0 Å². The molecule has 2 atom stereocenters.